The Balaban J connectivity index is 1.43. The summed E-state index contributed by atoms with van der Waals surface area (Å²) < 4.78 is 12.7. The standard InChI is InChI=1S/C25H27Cl2IN2O3/c1-3-32-21-11-15(13-29-30-24(31)22-18-6-4-5-9-25(18,22)2)10-20(28)23(21)33-14-16-7-8-17(26)12-19(16)27/h7-8,10-13,18,22H,3-6,9,14H2,1-2H3,(H,30,31)/b29-13-/t18-,22-,25+/m0/s1. The van der Waals surface area contributed by atoms with Crippen molar-refractivity contribution < 1.29 is 14.3 Å². The molecule has 2 saturated carbocycles. The highest BCUT2D eigenvalue weighted by Crippen LogP contribution is 2.66. The summed E-state index contributed by atoms with van der Waals surface area (Å²) in [6.07, 6.45) is 6.38. The van der Waals surface area contributed by atoms with E-state index in [1.807, 2.05) is 25.1 Å². The first-order valence-corrected chi connectivity index (χ1v) is 13.0. The Labute approximate surface area is 218 Å². The Morgan fingerprint density at radius 1 is 1.27 bits per heavy atom. The van der Waals surface area contributed by atoms with Gasteiger partial charge in [-0.2, -0.15) is 5.10 Å². The van der Waals surface area contributed by atoms with Crippen LogP contribution in [0.1, 0.15) is 50.7 Å². The zero-order valence-corrected chi connectivity index (χ0v) is 22.3. The van der Waals surface area contributed by atoms with Gasteiger partial charge in [0.15, 0.2) is 11.5 Å². The second-order valence-electron chi connectivity index (χ2n) is 8.86. The minimum absolute atomic E-state index is 0.0279. The minimum Gasteiger partial charge on any atom is -0.490 e. The molecule has 0 unspecified atom stereocenters. The average Bonchev–Trinajstić information content (AvgIpc) is 3.40. The first-order valence-electron chi connectivity index (χ1n) is 11.2. The maximum absolute atomic E-state index is 12.6. The molecule has 0 aromatic heterocycles. The van der Waals surface area contributed by atoms with E-state index in [2.05, 4.69) is 40.0 Å². The number of benzene rings is 2. The van der Waals surface area contributed by atoms with E-state index >= 15 is 0 Å². The number of nitrogens with one attached hydrogen (secondary N) is 1. The summed E-state index contributed by atoms with van der Waals surface area (Å²) in [7, 11) is 0. The van der Waals surface area contributed by atoms with Gasteiger partial charge in [0.05, 0.1) is 16.4 Å². The van der Waals surface area contributed by atoms with Crippen LogP contribution in [0.25, 0.3) is 0 Å². The van der Waals surface area contributed by atoms with Gasteiger partial charge in [-0.3, -0.25) is 4.79 Å². The Hall–Kier alpha value is -1.51. The van der Waals surface area contributed by atoms with Crippen LogP contribution in [-0.2, 0) is 11.4 Å². The lowest BCUT2D eigenvalue weighted by atomic mass is 9.90. The van der Waals surface area contributed by atoms with Crippen LogP contribution in [0.15, 0.2) is 35.4 Å². The lowest BCUT2D eigenvalue weighted by Crippen LogP contribution is -2.22. The summed E-state index contributed by atoms with van der Waals surface area (Å²) >= 11 is 14.5. The van der Waals surface area contributed by atoms with E-state index in [1.165, 1.54) is 12.8 Å². The predicted molar refractivity (Wildman–Crippen MR) is 140 cm³/mol. The molecular weight excluding hydrogens is 574 g/mol. The van der Waals surface area contributed by atoms with Crippen LogP contribution in [0.2, 0.25) is 10.0 Å². The topological polar surface area (TPSA) is 59.9 Å². The van der Waals surface area contributed by atoms with Crippen molar-refractivity contribution in [3.63, 3.8) is 0 Å². The van der Waals surface area contributed by atoms with Gasteiger partial charge < -0.3 is 9.47 Å². The monoisotopic (exact) mass is 600 g/mol. The van der Waals surface area contributed by atoms with Crippen molar-refractivity contribution in [2.75, 3.05) is 6.61 Å². The molecule has 0 saturated heterocycles. The summed E-state index contributed by atoms with van der Waals surface area (Å²) in [6.45, 7) is 4.94. The number of rotatable bonds is 8. The van der Waals surface area contributed by atoms with Crippen LogP contribution in [0.3, 0.4) is 0 Å². The van der Waals surface area contributed by atoms with Crippen molar-refractivity contribution in [3.05, 3.63) is 55.1 Å². The molecule has 1 N–H and O–H groups in total. The number of fused-ring (bicyclic) bond motifs is 1. The highest BCUT2D eigenvalue weighted by Gasteiger charge is 2.64. The van der Waals surface area contributed by atoms with Crippen LogP contribution in [0, 0.1) is 20.8 Å². The lowest BCUT2D eigenvalue weighted by Gasteiger charge is -2.15. The highest BCUT2D eigenvalue weighted by molar-refractivity contribution is 14.1. The van der Waals surface area contributed by atoms with Gasteiger partial charge >= 0.3 is 0 Å². The third-order valence-electron chi connectivity index (χ3n) is 6.72. The number of carbonyl (C=O) groups excluding carboxylic acids is 1. The molecule has 2 aromatic carbocycles. The zero-order chi connectivity index (χ0) is 23.6. The zero-order valence-electron chi connectivity index (χ0n) is 18.7. The molecule has 2 aliphatic carbocycles. The van der Waals surface area contributed by atoms with E-state index in [1.54, 1.807) is 18.3 Å². The van der Waals surface area contributed by atoms with Gasteiger partial charge in [-0.05, 0) is 83.5 Å². The SMILES string of the molecule is CCOc1cc(/C=N\NC(=O)[C@@H]2[C@@H]3CCCC[C@@]23C)cc(I)c1OCc1ccc(Cl)cc1Cl. The van der Waals surface area contributed by atoms with E-state index in [9.17, 15) is 4.79 Å². The van der Waals surface area contributed by atoms with E-state index < -0.39 is 0 Å². The first kappa shape index (κ1) is 24.6. The molecule has 2 fully saturated rings. The van der Waals surface area contributed by atoms with E-state index in [0.29, 0.717) is 34.1 Å². The number of amides is 1. The molecule has 0 radical (unpaired) electrons. The summed E-state index contributed by atoms with van der Waals surface area (Å²) in [5, 5.41) is 5.36. The second kappa shape index (κ2) is 10.4. The Kier molecular flexibility index (Phi) is 7.76. The van der Waals surface area contributed by atoms with Crippen molar-refractivity contribution in [1.82, 2.24) is 5.43 Å². The molecule has 8 heteroatoms. The highest BCUT2D eigenvalue weighted by atomic mass is 127. The van der Waals surface area contributed by atoms with E-state index in [0.717, 1.165) is 27.5 Å². The van der Waals surface area contributed by atoms with Gasteiger partial charge in [-0.25, -0.2) is 5.43 Å². The second-order valence-corrected chi connectivity index (χ2v) is 10.9. The van der Waals surface area contributed by atoms with Crippen LogP contribution in [-0.4, -0.2) is 18.7 Å². The van der Waals surface area contributed by atoms with Crippen molar-refractivity contribution in [2.24, 2.45) is 22.4 Å². The minimum atomic E-state index is 0.0279. The maximum atomic E-state index is 12.6. The molecular formula is C25H27Cl2IN2O3. The molecule has 0 aliphatic heterocycles. The van der Waals surface area contributed by atoms with Gasteiger partial charge in [0.2, 0.25) is 5.91 Å². The number of nitrogens with zero attached hydrogens (tertiary/aromatic N) is 1. The third kappa shape index (κ3) is 5.43. The largest absolute Gasteiger partial charge is 0.490 e. The smallest absolute Gasteiger partial charge is 0.244 e. The average molecular weight is 601 g/mol. The molecule has 0 heterocycles. The maximum Gasteiger partial charge on any atom is 0.244 e. The van der Waals surface area contributed by atoms with Gasteiger partial charge in [0.1, 0.15) is 6.61 Å². The summed E-state index contributed by atoms with van der Waals surface area (Å²) in [6, 6.07) is 9.12. The normalized spacial score (nSPS) is 23.8. The number of hydrazone groups is 1. The molecule has 33 heavy (non-hydrogen) atoms. The van der Waals surface area contributed by atoms with Gasteiger partial charge in [0, 0.05) is 21.5 Å². The Morgan fingerprint density at radius 3 is 2.79 bits per heavy atom. The molecule has 2 aliphatic rings. The van der Waals surface area contributed by atoms with Crippen LogP contribution < -0.4 is 14.9 Å². The molecule has 0 spiro atoms. The van der Waals surface area contributed by atoms with Crippen molar-refractivity contribution in [3.8, 4) is 11.5 Å². The third-order valence-corrected chi connectivity index (χ3v) is 8.11. The number of halogens is 3. The van der Waals surface area contributed by atoms with Crippen LogP contribution in [0.4, 0.5) is 0 Å². The van der Waals surface area contributed by atoms with Crippen LogP contribution in [0.5, 0.6) is 11.5 Å². The molecule has 4 rings (SSSR count). The molecule has 3 atom stereocenters. The predicted octanol–water partition coefficient (Wildman–Crippen LogP) is 6.85. The van der Waals surface area contributed by atoms with Crippen molar-refractivity contribution in [2.45, 2.75) is 46.1 Å². The fourth-order valence-corrected chi connectivity index (χ4v) is 6.19. The summed E-state index contributed by atoms with van der Waals surface area (Å²) in [4.78, 5) is 12.6. The fourth-order valence-electron chi connectivity index (χ4n) is 4.94. The van der Waals surface area contributed by atoms with Crippen molar-refractivity contribution in [1.29, 1.82) is 0 Å². The summed E-state index contributed by atoms with van der Waals surface area (Å²) in [5.74, 6) is 1.88. The van der Waals surface area contributed by atoms with Crippen molar-refractivity contribution >= 4 is 57.9 Å². The molecule has 1 amide bonds. The number of carbonyl (C=O) groups is 1. The lowest BCUT2D eigenvalue weighted by molar-refractivity contribution is -0.123. The van der Waals surface area contributed by atoms with Gasteiger partial charge in [0.25, 0.3) is 0 Å². The number of hydrogen-bond donors (Lipinski definition) is 1. The Morgan fingerprint density at radius 2 is 2.09 bits per heavy atom. The Bertz CT molecular complexity index is 1080. The number of hydrogen-bond acceptors (Lipinski definition) is 4. The quantitative estimate of drug-likeness (QED) is 0.205. The van der Waals surface area contributed by atoms with E-state index in [4.69, 9.17) is 32.7 Å². The fraction of sp³-hybridized carbons (Fsp3) is 0.440. The number of ether oxygens (including phenoxy) is 2. The van der Waals surface area contributed by atoms with Gasteiger partial charge in [-0.1, -0.05) is 49.0 Å². The summed E-state index contributed by atoms with van der Waals surface area (Å²) in [5.41, 5.74) is 4.57. The van der Waals surface area contributed by atoms with Gasteiger partial charge in [-0.15, -0.1) is 0 Å². The van der Waals surface area contributed by atoms with Crippen LogP contribution >= 0.6 is 45.8 Å². The molecule has 5 nitrogen and oxygen atoms in total. The first-order chi connectivity index (χ1) is 15.8. The van der Waals surface area contributed by atoms with E-state index in [-0.39, 0.29) is 23.8 Å². The molecule has 0 bridgehead atoms. The molecule has 2 aromatic rings. The molecule has 176 valence electrons.